The van der Waals surface area contributed by atoms with Gasteiger partial charge in [-0.25, -0.2) is 0 Å². The summed E-state index contributed by atoms with van der Waals surface area (Å²) in [6.45, 7) is 7.49. The summed E-state index contributed by atoms with van der Waals surface area (Å²) < 4.78 is 0.945. The Morgan fingerprint density at radius 2 is 2.05 bits per heavy atom. The summed E-state index contributed by atoms with van der Waals surface area (Å²) >= 11 is 3.43. The van der Waals surface area contributed by atoms with E-state index in [1.165, 1.54) is 6.92 Å². The average molecular weight is 341 g/mol. The number of rotatable bonds is 5. The Morgan fingerprint density at radius 1 is 1.40 bits per heavy atom. The second-order valence-corrected chi connectivity index (χ2v) is 5.77. The first-order valence-electron chi connectivity index (χ1n) is 6.68. The van der Waals surface area contributed by atoms with Gasteiger partial charge in [0, 0.05) is 23.1 Å². The molecule has 1 N–H and O–H groups in total. The van der Waals surface area contributed by atoms with Gasteiger partial charge in [0.15, 0.2) is 0 Å². The van der Waals surface area contributed by atoms with Crippen LogP contribution in [-0.4, -0.2) is 29.3 Å². The predicted octanol–water partition coefficient (Wildman–Crippen LogP) is 3.34. The maximum absolute atomic E-state index is 12.0. The highest BCUT2D eigenvalue weighted by Crippen LogP contribution is 2.20. The molecule has 20 heavy (non-hydrogen) atoms. The van der Waals surface area contributed by atoms with Crippen molar-refractivity contribution in [1.82, 2.24) is 4.90 Å². The van der Waals surface area contributed by atoms with E-state index in [1.54, 1.807) is 4.90 Å². The minimum absolute atomic E-state index is 0.0583. The molecule has 5 heteroatoms. The van der Waals surface area contributed by atoms with Crippen LogP contribution in [0.5, 0.6) is 0 Å². The molecule has 1 rings (SSSR count). The third kappa shape index (κ3) is 4.63. The molecule has 4 nitrogen and oxygen atoms in total. The Morgan fingerprint density at radius 3 is 2.55 bits per heavy atom. The highest BCUT2D eigenvalue weighted by Gasteiger charge is 2.18. The van der Waals surface area contributed by atoms with Crippen LogP contribution in [0.1, 0.15) is 32.8 Å². The van der Waals surface area contributed by atoms with Crippen LogP contribution in [0.15, 0.2) is 22.7 Å². The van der Waals surface area contributed by atoms with Gasteiger partial charge in [-0.3, -0.25) is 9.59 Å². The molecule has 0 spiro atoms. The Kier molecular flexibility index (Phi) is 6.20. The summed E-state index contributed by atoms with van der Waals surface area (Å²) in [6, 6.07) is 5.69. The van der Waals surface area contributed by atoms with Gasteiger partial charge in [0.2, 0.25) is 11.8 Å². The molecule has 1 unspecified atom stereocenters. The van der Waals surface area contributed by atoms with Crippen molar-refractivity contribution in [1.29, 1.82) is 0 Å². The average Bonchev–Trinajstić information content (AvgIpc) is 2.39. The van der Waals surface area contributed by atoms with Crippen LogP contribution in [0.25, 0.3) is 0 Å². The molecule has 0 aromatic heterocycles. The second kappa shape index (κ2) is 7.43. The van der Waals surface area contributed by atoms with Crippen LogP contribution >= 0.6 is 15.9 Å². The molecule has 1 aromatic carbocycles. The Bertz CT molecular complexity index is 503. The van der Waals surface area contributed by atoms with Crippen LogP contribution in [0.2, 0.25) is 0 Å². The first-order chi connectivity index (χ1) is 9.35. The van der Waals surface area contributed by atoms with E-state index in [9.17, 15) is 9.59 Å². The van der Waals surface area contributed by atoms with Crippen molar-refractivity contribution in [3.63, 3.8) is 0 Å². The molecule has 0 heterocycles. The lowest BCUT2D eigenvalue weighted by Gasteiger charge is -2.26. The third-order valence-corrected chi connectivity index (χ3v) is 4.15. The first-order valence-corrected chi connectivity index (χ1v) is 7.47. The van der Waals surface area contributed by atoms with Gasteiger partial charge in [0.05, 0.1) is 0 Å². The van der Waals surface area contributed by atoms with Crippen LogP contribution in [0, 0.1) is 6.92 Å². The Hall–Kier alpha value is -1.36. The van der Waals surface area contributed by atoms with Crippen molar-refractivity contribution >= 4 is 33.4 Å². The zero-order chi connectivity index (χ0) is 15.3. The number of aryl methyl sites for hydroxylation is 1. The molecule has 1 aromatic rings. The van der Waals surface area contributed by atoms with E-state index < -0.39 is 0 Å². The zero-order valence-corrected chi connectivity index (χ0v) is 14.0. The fourth-order valence-electron chi connectivity index (χ4n) is 1.82. The largest absolute Gasteiger partial charge is 0.331 e. The van der Waals surface area contributed by atoms with Gasteiger partial charge in [-0.1, -0.05) is 28.9 Å². The SMILES string of the molecule is CCC(C)N(CC(=O)Nc1ccc(C)c(Br)c1)C(C)=O. The zero-order valence-electron chi connectivity index (χ0n) is 12.4. The number of hydrogen-bond donors (Lipinski definition) is 1. The monoisotopic (exact) mass is 340 g/mol. The van der Waals surface area contributed by atoms with Gasteiger partial charge in [-0.15, -0.1) is 0 Å². The molecular weight excluding hydrogens is 320 g/mol. The van der Waals surface area contributed by atoms with Crippen molar-refractivity contribution in [2.24, 2.45) is 0 Å². The minimum atomic E-state index is -0.184. The number of amides is 2. The molecule has 0 saturated heterocycles. The van der Waals surface area contributed by atoms with Crippen LogP contribution < -0.4 is 5.32 Å². The van der Waals surface area contributed by atoms with E-state index in [4.69, 9.17) is 0 Å². The third-order valence-electron chi connectivity index (χ3n) is 3.30. The number of nitrogens with zero attached hydrogens (tertiary/aromatic N) is 1. The molecule has 0 saturated carbocycles. The topological polar surface area (TPSA) is 49.4 Å². The van der Waals surface area contributed by atoms with E-state index in [0.29, 0.717) is 0 Å². The number of carbonyl (C=O) groups is 2. The van der Waals surface area contributed by atoms with Gasteiger partial charge in [-0.2, -0.15) is 0 Å². The fourth-order valence-corrected chi connectivity index (χ4v) is 2.20. The van der Waals surface area contributed by atoms with Crippen LogP contribution in [0.4, 0.5) is 5.69 Å². The maximum Gasteiger partial charge on any atom is 0.244 e. The highest BCUT2D eigenvalue weighted by atomic mass is 79.9. The van der Waals surface area contributed by atoms with Gasteiger partial charge in [0.25, 0.3) is 0 Å². The summed E-state index contributed by atoms with van der Waals surface area (Å²) in [4.78, 5) is 25.2. The molecule has 0 aliphatic rings. The lowest BCUT2D eigenvalue weighted by Crippen LogP contribution is -2.42. The molecule has 0 aliphatic heterocycles. The summed E-state index contributed by atoms with van der Waals surface area (Å²) in [5, 5.41) is 2.81. The summed E-state index contributed by atoms with van der Waals surface area (Å²) in [5.41, 5.74) is 1.83. The lowest BCUT2D eigenvalue weighted by atomic mass is 10.2. The van der Waals surface area contributed by atoms with E-state index in [-0.39, 0.29) is 24.4 Å². The van der Waals surface area contributed by atoms with Crippen molar-refractivity contribution in [2.45, 2.75) is 40.2 Å². The van der Waals surface area contributed by atoms with Crippen molar-refractivity contribution in [3.05, 3.63) is 28.2 Å². The molecule has 2 amide bonds. The van der Waals surface area contributed by atoms with Crippen molar-refractivity contribution < 1.29 is 9.59 Å². The standard InChI is InChI=1S/C15H21BrN2O2/c1-5-11(3)18(12(4)19)9-15(20)17-13-7-6-10(2)14(16)8-13/h6-8,11H,5,9H2,1-4H3,(H,17,20). The number of anilines is 1. The normalized spacial score (nSPS) is 11.8. The molecular formula is C15H21BrN2O2. The Balaban J connectivity index is 2.70. The van der Waals surface area contributed by atoms with Crippen LogP contribution in [0.3, 0.4) is 0 Å². The first kappa shape index (κ1) is 16.7. The van der Waals surface area contributed by atoms with Gasteiger partial charge in [0.1, 0.15) is 6.54 Å². The predicted molar refractivity (Wildman–Crippen MR) is 84.6 cm³/mol. The van der Waals surface area contributed by atoms with Gasteiger partial charge >= 0.3 is 0 Å². The fraction of sp³-hybridized carbons (Fsp3) is 0.467. The number of nitrogens with one attached hydrogen (secondary N) is 1. The smallest absolute Gasteiger partial charge is 0.244 e. The quantitative estimate of drug-likeness (QED) is 0.893. The van der Waals surface area contributed by atoms with Crippen molar-refractivity contribution in [2.75, 3.05) is 11.9 Å². The molecule has 110 valence electrons. The number of halogens is 1. The van der Waals surface area contributed by atoms with Crippen molar-refractivity contribution in [3.8, 4) is 0 Å². The highest BCUT2D eigenvalue weighted by molar-refractivity contribution is 9.10. The molecule has 0 bridgehead atoms. The van der Waals surface area contributed by atoms with Crippen LogP contribution in [-0.2, 0) is 9.59 Å². The van der Waals surface area contributed by atoms with Gasteiger partial charge < -0.3 is 10.2 Å². The second-order valence-electron chi connectivity index (χ2n) is 4.92. The molecule has 0 radical (unpaired) electrons. The van der Waals surface area contributed by atoms with E-state index in [1.807, 2.05) is 39.0 Å². The van der Waals surface area contributed by atoms with E-state index in [0.717, 1.165) is 22.1 Å². The Labute approximate surface area is 128 Å². The summed E-state index contributed by atoms with van der Waals surface area (Å²) in [6.07, 6.45) is 0.822. The number of benzene rings is 1. The molecule has 0 aliphatic carbocycles. The summed E-state index contributed by atoms with van der Waals surface area (Å²) in [7, 11) is 0. The van der Waals surface area contributed by atoms with E-state index >= 15 is 0 Å². The van der Waals surface area contributed by atoms with E-state index in [2.05, 4.69) is 21.2 Å². The lowest BCUT2D eigenvalue weighted by molar-refractivity contribution is -0.134. The maximum atomic E-state index is 12.0. The molecule has 0 fully saturated rings. The number of carbonyl (C=O) groups excluding carboxylic acids is 2. The summed E-state index contributed by atoms with van der Waals surface area (Å²) in [5.74, 6) is -0.268. The molecule has 1 atom stereocenters. The minimum Gasteiger partial charge on any atom is -0.331 e. The van der Waals surface area contributed by atoms with Gasteiger partial charge in [-0.05, 0) is 38.0 Å². The number of hydrogen-bond acceptors (Lipinski definition) is 2.